The van der Waals surface area contributed by atoms with Crippen LogP contribution in [-0.2, 0) is 0 Å². The van der Waals surface area contributed by atoms with E-state index < -0.39 is 0 Å². The third-order valence-electron chi connectivity index (χ3n) is 3.42. The zero-order chi connectivity index (χ0) is 15.6. The summed E-state index contributed by atoms with van der Waals surface area (Å²) in [5.41, 5.74) is 0. The maximum atomic E-state index is 11.7. The van der Waals surface area contributed by atoms with Crippen molar-refractivity contribution >= 4 is 35.0 Å². The maximum absolute atomic E-state index is 11.7. The standard InChI is InChI=1S/C15H24N4OS2/c1-16-15(19-11-12-5-2-9-21-12)18-8-4-7-17-14(20)13-6-3-10-22-13/h3,6,10,12H,2,4-5,7-9,11H2,1H3,(H,17,20)(H2,16,18,19). The number of amides is 1. The van der Waals surface area contributed by atoms with Crippen molar-refractivity contribution in [2.24, 2.45) is 4.99 Å². The Morgan fingerprint density at radius 2 is 2.23 bits per heavy atom. The van der Waals surface area contributed by atoms with E-state index >= 15 is 0 Å². The fourth-order valence-electron chi connectivity index (χ4n) is 2.23. The van der Waals surface area contributed by atoms with Crippen LogP contribution in [0.1, 0.15) is 28.9 Å². The van der Waals surface area contributed by atoms with Gasteiger partial charge in [-0.3, -0.25) is 9.79 Å². The number of aliphatic imine (C=N–C) groups is 1. The largest absolute Gasteiger partial charge is 0.356 e. The van der Waals surface area contributed by atoms with Gasteiger partial charge in [0.15, 0.2) is 5.96 Å². The highest BCUT2D eigenvalue weighted by atomic mass is 32.2. The molecule has 7 heteroatoms. The summed E-state index contributed by atoms with van der Waals surface area (Å²) in [7, 11) is 1.79. The number of carbonyl (C=O) groups excluding carboxylic acids is 1. The van der Waals surface area contributed by atoms with Crippen LogP contribution in [0.25, 0.3) is 0 Å². The first kappa shape index (κ1) is 17.1. The second-order valence-electron chi connectivity index (χ2n) is 5.10. The van der Waals surface area contributed by atoms with Crippen molar-refractivity contribution < 1.29 is 4.79 Å². The van der Waals surface area contributed by atoms with E-state index in [2.05, 4.69) is 20.9 Å². The number of thioether (sulfide) groups is 1. The van der Waals surface area contributed by atoms with E-state index in [-0.39, 0.29) is 5.91 Å². The molecule has 0 aliphatic carbocycles. The molecule has 1 unspecified atom stereocenters. The third kappa shape index (κ3) is 5.88. The van der Waals surface area contributed by atoms with Gasteiger partial charge in [0.1, 0.15) is 0 Å². The van der Waals surface area contributed by atoms with Crippen molar-refractivity contribution in [3.05, 3.63) is 22.4 Å². The molecule has 0 aromatic carbocycles. The Bertz CT molecular complexity index is 470. The molecule has 0 spiro atoms. The lowest BCUT2D eigenvalue weighted by molar-refractivity contribution is 0.0957. The maximum Gasteiger partial charge on any atom is 0.261 e. The van der Waals surface area contributed by atoms with Crippen molar-refractivity contribution in [3.63, 3.8) is 0 Å². The second-order valence-corrected chi connectivity index (χ2v) is 7.46. The summed E-state index contributed by atoms with van der Waals surface area (Å²) in [6.45, 7) is 2.43. The van der Waals surface area contributed by atoms with Gasteiger partial charge >= 0.3 is 0 Å². The van der Waals surface area contributed by atoms with Gasteiger partial charge in [0, 0.05) is 31.9 Å². The molecule has 1 amide bonds. The molecule has 1 aliphatic heterocycles. The molecule has 5 nitrogen and oxygen atoms in total. The molecule has 1 aromatic rings. The fraction of sp³-hybridized carbons (Fsp3) is 0.600. The lowest BCUT2D eigenvalue weighted by atomic mass is 10.2. The number of carbonyl (C=O) groups is 1. The highest BCUT2D eigenvalue weighted by molar-refractivity contribution is 8.00. The van der Waals surface area contributed by atoms with Crippen molar-refractivity contribution in [3.8, 4) is 0 Å². The summed E-state index contributed by atoms with van der Waals surface area (Å²) >= 11 is 3.50. The molecule has 1 atom stereocenters. The molecule has 122 valence electrons. The van der Waals surface area contributed by atoms with Gasteiger partial charge in [-0.1, -0.05) is 6.07 Å². The minimum absolute atomic E-state index is 0.00997. The lowest BCUT2D eigenvalue weighted by Crippen LogP contribution is -2.41. The zero-order valence-corrected chi connectivity index (χ0v) is 14.6. The molecule has 0 radical (unpaired) electrons. The Hall–Kier alpha value is -1.21. The van der Waals surface area contributed by atoms with Gasteiger partial charge in [-0.15, -0.1) is 11.3 Å². The number of nitrogens with one attached hydrogen (secondary N) is 3. The summed E-state index contributed by atoms with van der Waals surface area (Å²) in [5.74, 6) is 2.13. The number of hydrogen-bond donors (Lipinski definition) is 3. The first-order valence-electron chi connectivity index (χ1n) is 7.67. The van der Waals surface area contributed by atoms with E-state index in [1.807, 2.05) is 29.3 Å². The van der Waals surface area contributed by atoms with Crippen LogP contribution in [0.15, 0.2) is 22.5 Å². The van der Waals surface area contributed by atoms with Crippen molar-refractivity contribution in [1.29, 1.82) is 0 Å². The molecule has 1 fully saturated rings. The number of thiophene rings is 1. The predicted octanol–water partition coefficient (Wildman–Crippen LogP) is 1.93. The summed E-state index contributed by atoms with van der Waals surface area (Å²) in [4.78, 5) is 16.7. The van der Waals surface area contributed by atoms with E-state index in [1.165, 1.54) is 29.9 Å². The van der Waals surface area contributed by atoms with Crippen LogP contribution in [0, 0.1) is 0 Å². The Kier molecular flexibility index (Phi) is 7.59. The quantitative estimate of drug-likeness (QED) is 0.403. The Labute approximate surface area is 140 Å². The van der Waals surface area contributed by atoms with Crippen molar-refractivity contribution in [2.75, 3.05) is 32.4 Å². The lowest BCUT2D eigenvalue weighted by Gasteiger charge is -2.14. The predicted molar refractivity (Wildman–Crippen MR) is 96.1 cm³/mol. The average molecular weight is 341 g/mol. The molecule has 1 aromatic heterocycles. The second kappa shape index (κ2) is 9.74. The molecule has 0 bridgehead atoms. The molecular weight excluding hydrogens is 316 g/mol. The molecule has 2 heterocycles. The summed E-state index contributed by atoms with van der Waals surface area (Å²) in [6, 6.07) is 3.73. The van der Waals surface area contributed by atoms with E-state index in [4.69, 9.17) is 0 Å². The number of nitrogens with zero attached hydrogens (tertiary/aromatic N) is 1. The highest BCUT2D eigenvalue weighted by Crippen LogP contribution is 2.25. The summed E-state index contributed by atoms with van der Waals surface area (Å²) in [6.07, 6.45) is 3.49. The number of guanidine groups is 1. The van der Waals surface area contributed by atoms with E-state index in [1.54, 1.807) is 7.05 Å². The van der Waals surface area contributed by atoms with Gasteiger partial charge in [-0.05, 0) is 36.5 Å². The molecule has 22 heavy (non-hydrogen) atoms. The molecule has 0 saturated carbocycles. The van der Waals surface area contributed by atoms with Crippen LogP contribution in [0.2, 0.25) is 0 Å². The molecule has 1 aliphatic rings. The Morgan fingerprint density at radius 1 is 1.36 bits per heavy atom. The van der Waals surface area contributed by atoms with Gasteiger partial charge in [-0.25, -0.2) is 0 Å². The van der Waals surface area contributed by atoms with Crippen LogP contribution < -0.4 is 16.0 Å². The van der Waals surface area contributed by atoms with E-state index in [9.17, 15) is 4.79 Å². The van der Waals surface area contributed by atoms with Crippen LogP contribution in [0.4, 0.5) is 0 Å². The first-order valence-corrected chi connectivity index (χ1v) is 9.60. The van der Waals surface area contributed by atoms with Gasteiger partial charge in [0.25, 0.3) is 5.91 Å². The van der Waals surface area contributed by atoms with Crippen LogP contribution in [0.5, 0.6) is 0 Å². The Balaban J connectivity index is 1.53. The van der Waals surface area contributed by atoms with Crippen LogP contribution in [-0.4, -0.2) is 49.6 Å². The van der Waals surface area contributed by atoms with E-state index in [0.717, 1.165) is 30.3 Å². The van der Waals surface area contributed by atoms with E-state index in [0.29, 0.717) is 11.8 Å². The van der Waals surface area contributed by atoms with Crippen LogP contribution >= 0.6 is 23.1 Å². The van der Waals surface area contributed by atoms with Gasteiger partial charge < -0.3 is 16.0 Å². The van der Waals surface area contributed by atoms with Gasteiger partial charge in [-0.2, -0.15) is 11.8 Å². The Morgan fingerprint density at radius 3 is 2.91 bits per heavy atom. The summed E-state index contributed by atoms with van der Waals surface area (Å²) < 4.78 is 0. The first-order chi connectivity index (χ1) is 10.8. The number of rotatable bonds is 7. The third-order valence-corrected chi connectivity index (χ3v) is 5.69. The minimum Gasteiger partial charge on any atom is -0.356 e. The van der Waals surface area contributed by atoms with Crippen molar-refractivity contribution in [2.45, 2.75) is 24.5 Å². The zero-order valence-electron chi connectivity index (χ0n) is 12.9. The fourth-order valence-corrected chi connectivity index (χ4v) is 4.07. The summed E-state index contributed by atoms with van der Waals surface area (Å²) in [5, 5.41) is 12.2. The van der Waals surface area contributed by atoms with Gasteiger partial charge in [0.2, 0.25) is 0 Å². The molecular formula is C15H24N4OS2. The smallest absolute Gasteiger partial charge is 0.261 e. The van der Waals surface area contributed by atoms with Crippen molar-refractivity contribution in [1.82, 2.24) is 16.0 Å². The monoisotopic (exact) mass is 340 g/mol. The highest BCUT2D eigenvalue weighted by Gasteiger charge is 2.15. The number of hydrogen-bond acceptors (Lipinski definition) is 4. The normalized spacial score (nSPS) is 18.2. The molecule has 2 rings (SSSR count). The SMILES string of the molecule is CN=C(NCCCNC(=O)c1cccs1)NCC1CCCS1. The average Bonchev–Trinajstić information content (AvgIpc) is 3.23. The molecule has 3 N–H and O–H groups in total. The van der Waals surface area contributed by atoms with Crippen LogP contribution in [0.3, 0.4) is 0 Å². The van der Waals surface area contributed by atoms with Gasteiger partial charge in [0.05, 0.1) is 4.88 Å². The molecule has 1 saturated heterocycles. The topological polar surface area (TPSA) is 65.5 Å². The minimum atomic E-state index is 0.00997.